The zero-order chi connectivity index (χ0) is 18.4. The van der Waals surface area contributed by atoms with Crippen LogP contribution in [-0.4, -0.2) is 23.7 Å². The number of benzene rings is 2. The number of carbonyl (C=O) groups is 2. The van der Waals surface area contributed by atoms with Gasteiger partial charge in [0.05, 0.1) is 12.3 Å². The molecule has 7 heteroatoms. The summed E-state index contributed by atoms with van der Waals surface area (Å²) in [6.07, 6.45) is 0. The van der Waals surface area contributed by atoms with Gasteiger partial charge in [-0.15, -0.1) is 11.8 Å². The SMILES string of the molecule is CCOC(=O)C(C)Sc1cc(NC(=O)c2ccccc2)c(F)cc1Br. The van der Waals surface area contributed by atoms with Crippen LogP contribution in [0.3, 0.4) is 0 Å². The molecule has 0 aliphatic heterocycles. The Labute approximate surface area is 158 Å². The summed E-state index contributed by atoms with van der Waals surface area (Å²) in [5, 5.41) is 2.10. The highest BCUT2D eigenvalue weighted by Crippen LogP contribution is 2.35. The lowest BCUT2D eigenvalue weighted by atomic mass is 10.2. The average Bonchev–Trinajstić information content (AvgIpc) is 2.59. The third kappa shape index (κ3) is 5.31. The van der Waals surface area contributed by atoms with Crippen LogP contribution in [-0.2, 0) is 9.53 Å². The van der Waals surface area contributed by atoms with Crippen LogP contribution in [0.5, 0.6) is 0 Å². The van der Waals surface area contributed by atoms with Crippen molar-refractivity contribution in [3.05, 3.63) is 58.3 Å². The number of ether oxygens (including phenoxy) is 1. The van der Waals surface area contributed by atoms with Gasteiger partial charge in [0, 0.05) is 14.9 Å². The maximum absolute atomic E-state index is 14.2. The number of thioether (sulfide) groups is 1. The van der Waals surface area contributed by atoms with E-state index in [4.69, 9.17) is 4.74 Å². The second-order valence-corrected chi connectivity index (χ2v) is 7.33. The first-order valence-corrected chi connectivity index (χ1v) is 9.28. The van der Waals surface area contributed by atoms with E-state index in [0.29, 0.717) is 21.5 Å². The first-order chi connectivity index (χ1) is 11.9. The summed E-state index contributed by atoms with van der Waals surface area (Å²) in [6, 6.07) is 11.3. The van der Waals surface area contributed by atoms with Gasteiger partial charge in [-0.2, -0.15) is 0 Å². The smallest absolute Gasteiger partial charge is 0.319 e. The fraction of sp³-hybridized carbons (Fsp3) is 0.222. The number of anilines is 1. The molecular formula is C18H17BrFNO3S. The summed E-state index contributed by atoms with van der Waals surface area (Å²) < 4.78 is 19.7. The Morgan fingerprint density at radius 2 is 1.96 bits per heavy atom. The Kier molecular flexibility index (Phi) is 7.01. The Balaban J connectivity index is 2.19. The van der Waals surface area contributed by atoms with Gasteiger partial charge >= 0.3 is 5.97 Å². The largest absolute Gasteiger partial charge is 0.465 e. The number of hydrogen-bond acceptors (Lipinski definition) is 4. The van der Waals surface area contributed by atoms with Crippen molar-refractivity contribution in [3.63, 3.8) is 0 Å². The van der Waals surface area contributed by atoms with E-state index in [1.54, 1.807) is 44.2 Å². The minimum Gasteiger partial charge on any atom is -0.465 e. The zero-order valence-electron chi connectivity index (χ0n) is 13.7. The number of rotatable bonds is 6. The van der Waals surface area contributed by atoms with Crippen LogP contribution in [0, 0.1) is 5.82 Å². The summed E-state index contributed by atoms with van der Waals surface area (Å²) in [6.45, 7) is 3.74. The van der Waals surface area contributed by atoms with Gasteiger partial charge < -0.3 is 10.1 Å². The Hall–Kier alpha value is -1.86. The fourth-order valence-electron chi connectivity index (χ4n) is 2.00. The number of nitrogens with one attached hydrogen (secondary N) is 1. The molecule has 0 aromatic heterocycles. The third-order valence-electron chi connectivity index (χ3n) is 3.23. The van der Waals surface area contributed by atoms with Crippen molar-refractivity contribution in [2.24, 2.45) is 0 Å². The minimum absolute atomic E-state index is 0.0515. The number of hydrogen-bond donors (Lipinski definition) is 1. The molecule has 25 heavy (non-hydrogen) atoms. The summed E-state index contributed by atoms with van der Waals surface area (Å²) in [4.78, 5) is 24.6. The molecule has 0 heterocycles. The lowest BCUT2D eigenvalue weighted by molar-refractivity contribution is -0.142. The quantitative estimate of drug-likeness (QED) is 0.528. The van der Waals surface area contributed by atoms with E-state index >= 15 is 0 Å². The summed E-state index contributed by atoms with van der Waals surface area (Å²) in [5.74, 6) is -1.32. The molecule has 0 aliphatic carbocycles. The van der Waals surface area contributed by atoms with Crippen LogP contribution >= 0.6 is 27.7 Å². The number of halogens is 2. The van der Waals surface area contributed by atoms with Gasteiger partial charge in [-0.05, 0) is 54.0 Å². The fourth-order valence-corrected chi connectivity index (χ4v) is 3.50. The maximum atomic E-state index is 14.2. The zero-order valence-corrected chi connectivity index (χ0v) is 16.1. The number of carbonyl (C=O) groups excluding carboxylic acids is 2. The van der Waals surface area contributed by atoms with E-state index in [1.165, 1.54) is 23.9 Å². The maximum Gasteiger partial charge on any atom is 0.319 e. The van der Waals surface area contributed by atoms with Crippen LogP contribution in [0.15, 0.2) is 51.8 Å². The standard InChI is InChI=1S/C18H17BrFNO3S/c1-3-24-18(23)11(2)25-16-10-15(14(20)9-13(16)19)21-17(22)12-7-5-4-6-8-12/h4-11H,3H2,1-2H3,(H,21,22). The van der Waals surface area contributed by atoms with Crippen molar-refractivity contribution in [1.29, 1.82) is 0 Å². The van der Waals surface area contributed by atoms with Crippen molar-refractivity contribution >= 4 is 45.3 Å². The molecule has 2 aromatic rings. The molecule has 1 N–H and O–H groups in total. The normalized spacial score (nSPS) is 11.7. The first-order valence-electron chi connectivity index (χ1n) is 7.61. The van der Waals surface area contributed by atoms with Crippen molar-refractivity contribution in [1.82, 2.24) is 0 Å². The van der Waals surface area contributed by atoms with Crippen LogP contribution in [0.1, 0.15) is 24.2 Å². The highest BCUT2D eigenvalue weighted by atomic mass is 79.9. The molecule has 0 saturated heterocycles. The Bertz CT molecular complexity index is 770. The molecule has 1 amide bonds. The van der Waals surface area contributed by atoms with Gasteiger partial charge in [-0.1, -0.05) is 18.2 Å². The third-order valence-corrected chi connectivity index (χ3v) is 5.28. The second-order valence-electron chi connectivity index (χ2n) is 5.09. The summed E-state index contributed by atoms with van der Waals surface area (Å²) in [5.41, 5.74) is 0.481. The average molecular weight is 426 g/mol. The predicted octanol–water partition coefficient (Wildman–Crippen LogP) is 4.88. The molecule has 2 aromatic carbocycles. The van der Waals surface area contributed by atoms with Crippen molar-refractivity contribution in [2.45, 2.75) is 24.0 Å². The Morgan fingerprint density at radius 1 is 1.28 bits per heavy atom. The van der Waals surface area contributed by atoms with E-state index in [9.17, 15) is 14.0 Å². The first kappa shape index (κ1) is 19.5. The van der Waals surface area contributed by atoms with Crippen LogP contribution in [0.4, 0.5) is 10.1 Å². The lowest BCUT2D eigenvalue weighted by Crippen LogP contribution is -2.17. The molecule has 0 radical (unpaired) electrons. The lowest BCUT2D eigenvalue weighted by Gasteiger charge is -2.14. The van der Waals surface area contributed by atoms with Crippen LogP contribution < -0.4 is 5.32 Å². The summed E-state index contributed by atoms with van der Waals surface area (Å²) in [7, 11) is 0. The summed E-state index contributed by atoms with van der Waals surface area (Å²) >= 11 is 4.51. The molecule has 0 saturated carbocycles. The molecule has 2 rings (SSSR count). The molecule has 4 nitrogen and oxygen atoms in total. The van der Waals surface area contributed by atoms with Gasteiger partial charge in [0.1, 0.15) is 11.1 Å². The van der Waals surface area contributed by atoms with E-state index < -0.39 is 17.0 Å². The minimum atomic E-state index is -0.565. The molecular weight excluding hydrogens is 409 g/mol. The molecule has 132 valence electrons. The molecule has 1 atom stereocenters. The van der Waals surface area contributed by atoms with Crippen molar-refractivity contribution < 1.29 is 18.7 Å². The molecule has 0 aliphatic rings. The van der Waals surface area contributed by atoms with E-state index in [0.717, 1.165) is 0 Å². The van der Waals surface area contributed by atoms with Crippen molar-refractivity contribution in [3.8, 4) is 0 Å². The Morgan fingerprint density at radius 3 is 2.60 bits per heavy atom. The highest BCUT2D eigenvalue weighted by molar-refractivity contribution is 9.10. The van der Waals surface area contributed by atoms with E-state index in [2.05, 4.69) is 21.2 Å². The van der Waals surface area contributed by atoms with Crippen LogP contribution in [0.2, 0.25) is 0 Å². The number of esters is 1. The molecule has 0 spiro atoms. The van der Waals surface area contributed by atoms with E-state index in [-0.39, 0.29) is 11.7 Å². The topological polar surface area (TPSA) is 55.4 Å². The monoisotopic (exact) mass is 425 g/mol. The van der Waals surface area contributed by atoms with Gasteiger partial charge in [0.25, 0.3) is 5.91 Å². The van der Waals surface area contributed by atoms with Gasteiger partial charge in [0.15, 0.2) is 0 Å². The van der Waals surface area contributed by atoms with Crippen molar-refractivity contribution in [2.75, 3.05) is 11.9 Å². The van der Waals surface area contributed by atoms with Crippen LogP contribution in [0.25, 0.3) is 0 Å². The number of amides is 1. The molecule has 0 fully saturated rings. The van der Waals surface area contributed by atoms with Gasteiger partial charge in [-0.3, -0.25) is 9.59 Å². The highest BCUT2D eigenvalue weighted by Gasteiger charge is 2.19. The second kappa shape index (κ2) is 9.01. The molecule has 0 bridgehead atoms. The van der Waals surface area contributed by atoms with Gasteiger partial charge in [-0.25, -0.2) is 4.39 Å². The molecule has 1 unspecified atom stereocenters. The van der Waals surface area contributed by atoms with Gasteiger partial charge in [0.2, 0.25) is 0 Å². The predicted molar refractivity (Wildman–Crippen MR) is 100 cm³/mol. The van der Waals surface area contributed by atoms with E-state index in [1.807, 2.05) is 0 Å².